The molecule has 12 N–H and O–H groups in total. The molecule has 3 aliphatic rings. The Bertz CT molecular complexity index is 2260. The van der Waals surface area contributed by atoms with Crippen molar-refractivity contribution < 1.29 is 89.4 Å². The molecule has 0 aromatic rings. The number of amides is 1. The number of aliphatic hydroxyl groups excluding tert-OH is 11. The number of carbonyl (C=O) groups is 1. The monoisotopic (exact) mass is 1470 g/mol. The molecular formula is C85H149NO18. The van der Waals surface area contributed by atoms with Gasteiger partial charge in [-0.15, -0.1) is 0 Å². The van der Waals surface area contributed by atoms with Gasteiger partial charge in [0, 0.05) is 6.42 Å². The molecule has 3 heterocycles. The second-order valence-corrected chi connectivity index (χ2v) is 29.2. The number of ether oxygens (including phenoxy) is 6. The number of carbonyl (C=O) groups excluding carboxylic acids is 1. The standard InChI is InChI=1S/C85H149NO18/c1-3-5-7-9-11-13-15-17-19-21-23-25-27-29-31-32-33-34-35-37-38-40-42-44-46-48-50-52-54-56-58-60-62-69(90)68(86-73(91)63-61-59-57-55-53-51-49-47-45-43-41-39-36-30-28-26-24-22-20-18-16-14-12-10-8-6-4-2)67-99-83-79(97)76(94)81(71(65-88)101-83)104-85-80(98)77(95)82(72(66-89)102-85)103-84-78(96)75(93)74(92)70(64-87)100-84/h6,8,12,14,18,20,24,26,30,36,44,46,52,54,60,62,68-72,74-85,87-90,92-98H,3-5,7,9-11,13,15-17,19,21-23,25,27-29,31-35,37-43,45,47-51,53,55-59,61,63-67H2,1-2H3,(H,86,91)/b8-6-,14-12-,20-18-,26-24-,36-30-,46-44+,54-52+,62-60+. The van der Waals surface area contributed by atoms with Gasteiger partial charge in [0.25, 0.3) is 0 Å². The minimum Gasteiger partial charge on any atom is -0.394 e. The molecule has 3 aliphatic heterocycles. The van der Waals surface area contributed by atoms with E-state index in [1.54, 1.807) is 6.08 Å². The second kappa shape index (κ2) is 64.5. The Labute approximate surface area is 628 Å². The van der Waals surface area contributed by atoms with Gasteiger partial charge in [-0.3, -0.25) is 4.79 Å². The van der Waals surface area contributed by atoms with Gasteiger partial charge >= 0.3 is 0 Å². The lowest BCUT2D eigenvalue weighted by atomic mass is 9.96. The molecule has 3 fully saturated rings. The first-order valence-corrected chi connectivity index (χ1v) is 41.5. The highest BCUT2D eigenvalue weighted by Gasteiger charge is 2.54. The zero-order valence-corrected chi connectivity index (χ0v) is 64.5. The molecule has 0 bridgehead atoms. The summed E-state index contributed by atoms with van der Waals surface area (Å²) in [4.78, 5) is 13.5. The Hall–Kier alpha value is -3.29. The fraction of sp³-hybridized carbons (Fsp3) is 0.800. The first-order valence-electron chi connectivity index (χ1n) is 41.5. The normalized spacial score (nSPS) is 26.4. The SMILES string of the molecule is CC/C=C\C/C=C\C/C=C\C/C=C\C/C=C\CCCCCCCCCCCCCC(=O)NC(COC1OC(CO)C(OC2OC(CO)C(OC3OC(CO)C(O)C(O)C3O)C(O)C2O)C(O)C1O)C(O)/C=C/CC/C=C/CC/C=C/CCCCCCCCCCCCCCCCCCCCCCCC. The molecular weight excluding hydrogens is 1320 g/mol. The number of hydrogen-bond acceptors (Lipinski definition) is 18. The van der Waals surface area contributed by atoms with Crippen LogP contribution in [0.5, 0.6) is 0 Å². The van der Waals surface area contributed by atoms with Crippen LogP contribution in [0.1, 0.15) is 303 Å². The average molecular weight is 1470 g/mol. The summed E-state index contributed by atoms with van der Waals surface area (Å²) in [6.45, 7) is 1.62. The zero-order valence-electron chi connectivity index (χ0n) is 64.5. The summed E-state index contributed by atoms with van der Waals surface area (Å²) in [7, 11) is 0. The van der Waals surface area contributed by atoms with Crippen molar-refractivity contribution in [2.24, 2.45) is 0 Å². The van der Waals surface area contributed by atoms with Crippen LogP contribution in [-0.4, -0.2) is 193 Å². The Kier molecular flexibility index (Phi) is 58.9. The maximum atomic E-state index is 13.5. The first kappa shape index (κ1) is 94.9. The molecule has 0 saturated carbocycles. The van der Waals surface area contributed by atoms with Crippen LogP contribution in [-0.2, 0) is 33.2 Å². The van der Waals surface area contributed by atoms with E-state index in [1.807, 2.05) is 6.08 Å². The molecule has 3 saturated heterocycles. The molecule has 0 aromatic heterocycles. The maximum absolute atomic E-state index is 13.5. The average Bonchev–Trinajstić information content (AvgIpc) is 0.783. The number of nitrogens with one attached hydrogen (secondary N) is 1. The van der Waals surface area contributed by atoms with Crippen LogP contribution in [0.2, 0.25) is 0 Å². The van der Waals surface area contributed by atoms with E-state index in [0.717, 1.165) is 89.9 Å². The van der Waals surface area contributed by atoms with Gasteiger partial charge in [0.1, 0.15) is 73.2 Å². The molecule has 0 spiro atoms. The summed E-state index contributed by atoms with van der Waals surface area (Å²) in [5, 5.41) is 121. The summed E-state index contributed by atoms with van der Waals surface area (Å²) in [5.74, 6) is -0.294. The van der Waals surface area contributed by atoms with E-state index >= 15 is 0 Å². The Morgan fingerprint density at radius 3 is 1.08 bits per heavy atom. The maximum Gasteiger partial charge on any atom is 0.220 e. The number of unbranched alkanes of at least 4 members (excludes halogenated alkanes) is 35. The Morgan fingerprint density at radius 1 is 0.356 bits per heavy atom. The van der Waals surface area contributed by atoms with Crippen molar-refractivity contribution in [2.45, 2.75) is 407 Å². The molecule has 0 aromatic carbocycles. The van der Waals surface area contributed by atoms with Crippen LogP contribution in [0, 0.1) is 0 Å². The van der Waals surface area contributed by atoms with Crippen molar-refractivity contribution in [2.75, 3.05) is 26.4 Å². The van der Waals surface area contributed by atoms with Gasteiger partial charge in [-0.1, -0.05) is 304 Å². The van der Waals surface area contributed by atoms with E-state index in [2.05, 4.69) is 104 Å². The van der Waals surface area contributed by atoms with E-state index in [9.17, 15) is 61.0 Å². The minimum atomic E-state index is -1.99. The smallest absolute Gasteiger partial charge is 0.220 e. The number of allylic oxidation sites excluding steroid dienone is 15. The molecule has 19 nitrogen and oxygen atoms in total. The molecule has 104 heavy (non-hydrogen) atoms. The minimum absolute atomic E-state index is 0.223. The topological polar surface area (TPSA) is 307 Å². The van der Waals surface area contributed by atoms with Gasteiger partial charge in [0.15, 0.2) is 18.9 Å². The lowest BCUT2D eigenvalue weighted by Crippen LogP contribution is -2.66. The van der Waals surface area contributed by atoms with Crippen LogP contribution in [0.4, 0.5) is 0 Å². The van der Waals surface area contributed by atoms with Gasteiger partial charge in [-0.05, 0) is 89.9 Å². The third-order valence-corrected chi connectivity index (χ3v) is 20.1. The van der Waals surface area contributed by atoms with Crippen molar-refractivity contribution in [3.63, 3.8) is 0 Å². The first-order chi connectivity index (χ1) is 50.8. The van der Waals surface area contributed by atoms with E-state index in [4.69, 9.17) is 28.4 Å². The van der Waals surface area contributed by atoms with Crippen molar-refractivity contribution >= 4 is 5.91 Å². The van der Waals surface area contributed by atoms with Gasteiger partial charge < -0.3 is 89.9 Å². The van der Waals surface area contributed by atoms with Crippen LogP contribution in [0.15, 0.2) is 97.2 Å². The molecule has 19 heteroatoms. The van der Waals surface area contributed by atoms with Crippen molar-refractivity contribution in [1.29, 1.82) is 0 Å². The van der Waals surface area contributed by atoms with Crippen molar-refractivity contribution in [3.05, 3.63) is 97.2 Å². The molecule has 1 amide bonds. The molecule has 0 aliphatic carbocycles. The van der Waals surface area contributed by atoms with E-state index < -0.39 is 124 Å². The van der Waals surface area contributed by atoms with Crippen LogP contribution in [0.25, 0.3) is 0 Å². The van der Waals surface area contributed by atoms with E-state index in [0.29, 0.717) is 12.8 Å². The van der Waals surface area contributed by atoms with Gasteiger partial charge in [-0.2, -0.15) is 0 Å². The lowest BCUT2D eigenvalue weighted by Gasteiger charge is -2.48. The third-order valence-electron chi connectivity index (χ3n) is 20.1. The van der Waals surface area contributed by atoms with Gasteiger partial charge in [0.2, 0.25) is 5.91 Å². The summed E-state index contributed by atoms with van der Waals surface area (Å²) in [5.41, 5.74) is 0. The zero-order chi connectivity index (χ0) is 75.3. The van der Waals surface area contributed by atoms with Crippen molar-refractivity contribution in [1.82, 2.24) is 5.32 Å². The number of aliphatic hydroxyl groups is 11. The summed E-state index contributed by atoms with van der Waals surface area (Å²) >= 11 is 0. The largest absolute Gasteiger partial charge is 0.394 e. The van der Waals surface area contributed by atoms with E-state index in [-0.39, 0.29) is 18.9 Å². The summed E-state index contributed by atoms with van der Waals surface area (Å²) < 4.78 is 34.4. The molecule has 602 valence electrons. The quantitative estimate of drug-likeness (QED) is 0.0199. The predicted octanol–water partition coefficient (Wildman–Crippen LogP) is 14.3. The molecule has 17 atom stereocenters. The number of hydrogen-bond donors (Lipinski definition) is 12. The van der Waals surface area contributed by atoms with Crippen molar-refractivity contribution in [3.8, 4) is 0 Å². The Morgan fingerprint density at radius 2 is 0.673 bits per heavy atom. The fourth-order valence-corrected chi connectivity index (χ4v) is 13.5. The molecule has 17 unspecified atom stereocenters. The van der Waals surface area contributed by atoms with Crippen LogP contribution >= 0.6 is 0 Å². The molecule has 3 rings (SSSR count). The highest BCUT2D eigenvalue weighted by atomic mass is 16.8. The highest BCUT2D eigenvalue weighted by Crippen LogP contribution is 2.33. The second-order valence-electron chi connectivity index (χ2n) is 29.2. The predicted molar refractivity (Wildman–Crippen MR) is 415 cm³/mol. The van der Waals surface area contributed by atoms with E-state index in [1.165, 1.54) is 180 Å². The van der Waals surface area contributed by atoms with Gasteiger partial charge in [-0.25, -0.2) is 0 Å². The summed E-state index contributed by atoms with van der Waals surface area (Å²) in [6, 6.07) is -1.01. The van der Waals surface area contributed by atoms with Crippen LogP contribution in [0.3, 0.4) is 0 Å². The lowest BCUT2D eigenvalue weighted by molar-refractivity contribution is -0.379. The Balaban J connectivity index is 1.39. The van der Waals surface area contributed by atoms with Crippen LogP contribution < -0.4 is 5.32 Å². The fourth-order valence-electron chi connectivity index (χ4n) is 13.5. The van der Waals surface area contributed by atoms with Gasteiger partial charge in [0.05, 0.1) is 38.6 Å². The molecule has 0 radical (unpaired) electrons. The summed E-state index contributed by atoms with van der Waals surface area (Å²) in [6.07, 6.45) is 61.2. The third kappa shape index (κ3) is 43.8. The number of rotatable bonds is 65. The highest BCUT2D eigenvalue weighted by molar-refractivity contribution is 5.76.